The van der Waals surface area contributed by atoms with E-state index in [2.05, 4.69) is 49.8 Å². The Bertz CT molecular complexity index is 592. The SMILES string of the molecule is COc1ccccc1CC(C)N(C)Cc1coc(C(C)C)n1. The zero-order valence-electron chi connectivity index (χ0n) is 14.2. The number of aromatic nitrogens is 1. The van der Waals surface area contributed by atoms with Crippen molar-refractivity contribution in [1.82, 2.24) is 9.88 Å². The number of oxazole rings is 1. The van der Waals surface area contributed by atoms with Gasteiger partial charge in [-0.25, -0.2) is 4.98 Å². The van der Waals surface area contributed by atoms with Gasteiger partial charge in [0.25, 0.3) is 0 Å². The number of nitrogens with zero attached hydrogens (tertiary/aromatic N) is 2. The molecule has 0 aliphatic heterocycles. The van der Waals surface area contributed by atoms with Crippen LogP contribution >= 0.6 is 0 Å². The summed E-state index contributed by atoms with van der Waals surface area (Å²) in [5.41, 5.74) is 2.21. The van der Waals surface area contributed by atoms with Crippen LogP contribution in [0.3, 0.4) is 0 Å². The molecule has 0 bridgehead atoms. The van der Waals surface area contributed by atoms with Gasteiger partial charge in [-0.2, -0.15) is 0 Å². The Morgan fingerprint density at radius 2 is 1.95 bits per heavy atom. The minimum Gasteiger partial charge on any atom is -0.496 e. The van der Waals surface area contributed by atoms with E-state index in [1.165, 1.54) is 5.56 Å². The average Bonchev–Trinajstić information content (AvgIpc) is 2.96. The molecule has 0 N–H and O–H groups in total. The first-order valence-electron chi connectivity index (χ1n) is 7.77. The van der Waals surface area contributed by atoms with E-state index in [0.29, 0.717) is 12.0 Å². The number of benzene rings is 1. The summed E-state index contributed by atoms with van der Waals surface area (Å²) in [6, 6.07) is 8.57. The Balaban J connectivity index is 1.98. The van der Waals surface area contributed by atoms with Crippen molar-refractivity contribution in [2.75, 3.05) is 14.2 Å². The van der Waals surface area contributed by atoms with E-state index in [4.69, 9.17) is 9.15 Å². The Hall–Kier alpha value is -1.81. The fourth-order valence-corrected chi connectivity index (χ4v) is 2.42. The molecular formula is C18H26N2O2. The molecule has 0 saturated heterocycles. The molecule has 0 aliphatic rings. The van der Waals surface area contributed by atoms with E-state index in [9.17, 15) is 0 Å². The predicted octanol–water partition coefficient (Wildman–Crippen LogP) is 3.87. The molecule has 0 fully saturated rings. The van der Waals surface area contributed by atoms with E-state index in [-0.39, 0.29) is 0 Å². The summed E-state index contributed by atoms with van der Waals surface area (Å²) < 4.78 is 10.9. The van der Waals surface area contributed by atoms with Crippen LogP contribution in [0.15, 0.2) is 34.9 Å². The van der Waals surface area contributed by atoms with Gasteiger partial charge in [0.15, 0.2) is 5.89 Å². The number of methoxy groups -OCH3 is 1. The minimum absolute atomic E-state index is 0.324. The van der Waals surface area contributed by atoms with Crippen LogP contribution in [0.25, 0.3) is 0 Å². The zero-order chi connectivity index (χ0) is 16.1. The number of hydrogen-bond donors (Lipinski definition) is 0. The van der Waals surface area contributed by atoms with Crippen LogP contribution in [0.1, 0.15) is 43.8 Å². The first-order chi connectivity index (χ1) is 10.5. The topological polar surface area (TPSA) is 38.5 Å². The maximum absolute atomic E-state index is 5.50. The molecular weight excluding hydrogens is 276 g/mol. The quantitative estimate of drug-likeness (QED) is 0.778. The van der Waals surface area contributed by atoms with E-state index < -0.39 is 0 Å². The molecule has 0 aliphatic carbocycles. The monoisotopic (exact) mass is 302 g/mol. The Labute approximate surface area is 133 Å². The van der Waals surface area contributed by atoms with Gasteiger partial charge in [-0.05, 0) is 32.0 Å². The van der Waals surface area contributed by atoms with Gasteiger partial charge in [0.05, 0.1) is 12.8 Å². The summed E-state index contributed by atoms with van der Waals surface area (Å²) in [6.07, 6.45) is 2.71. The van der Waals surface area contributed by atoms with Crippen molar-refractivity contribution in [2.45, 2.75) is 45.7 Å². The molecule has 0 spiro atoms. The van der Waals surface area contributed by atoms with Crippen LogP contribution < -0.4 is 4.74 Å². The predicted molar refractivity (Wildman–Crippen MR) is 88.2 cm³/mol. The highest BCUT2D eigenvalue weighted by molar-refractivity contribution is 5.33. The van der Waals surface area contributed by atoms with Gasteiger partial charge in [-0.3, -0.25) is 4.90 Å². The summed E-state index contributed by atoms with van der Waals surface area (Å²) in [4.78, 5) is 6.83. The standard InChI is InChI=1S/C18H26N2O2/c1-13(2)18-19-16(12-22-18)11-20(4)14(3)10-15-8-6-7-9-17(15)21-5/h6-9,12-14H,10-11H2,1-5H3. The molecule has 1 unspecified atom stereocenters. The zero-order valence-corrected chi connectivity index (χ0v) is 14.2. The van der Waals surface area contributed by atoms with E-state index in [1.807, 2.05) is 12.1 Å². The molecule has 1 atom stereocenters. The first kappa shape index (κ1) is 16.6. The molecule has 0 radical (unpaired) electrons. The van der Waals surface area contributed by atoms with Crippen LogP contribution in [0, 0.1) is 0 Å². The molecule has 22 heavy (non-hydrogen) atoms. The normalized spacial score (nSPS) is 12.9. The first-order valence-corrected chi connectivity index (χ1v) is 7.77. The lowest BCUT2D eigenvalue weighted by molar-refractivity contribution is 0.243. The number of ether oxygens (including phenoxy) is 1. The van der Waals surface area contributed by atoms with Crippen molar-refractivity contribution in [3.63, 3.8) is 0 Å². The molecule has 2 aromatic rings. The van der Waals surface area contributed by atoms with Crippen LogP contribution in [-0.2, 0) is 13.0 Å². The lowest BCUT2D eigenvalue weighted by atomic mass is 10.1. The van der Waals surface area contributed by atoms with Gasteiger partial charge in [-0.1, -0.05) is 32.0 Å². The molecule has 1 aromatic heterocycles. The fraction of sp³-hybridized carbons (Fsp3) is 0.500. The van der Waals surface area contributed by atoms with Crippen molar-refractivity contribution in [3.05, 3.63) is 47.7 Å². The molecule has 0 amide bonds. The molecule has 1 heterocycles. The highest BCUT2D eigenvalue weighted by atomic mass is 16.5. The number of para-hydroxylation sites is 1. The third-order valence-electron chi connectivity index (χ3n) is 3.94. The van der Waals surface area contributed by atoms with E-state index in [0.717, 1.165) is 30.3 Å². The smallest absolute Gasteiger partial charge is 0.196 e. The van der Waals surface area contributed by atoms with Crippen molar-refractivity contribution >= 4 is 0 Å². The molecule has 4 heteroatoms. The van der Waals surface area contributed by atoms with Crippen LogP contribution in [0.4, 0.5) is 0 Å². The largest absolute Gasteiger partial charge is 0.496 e. The number of rotatable bonds is 7. The number of hydrogen-bond acceptors (Lipinski definition) is 4. The second kappa shape index (κ2) is 7.45. The average molecular weight is 302 g/mol. The van der Waals surface area contributed by atoms with E-state index >= 15 is 0 Å². The van der Waals surface area contributed by atoms with Crippen molar-refractivity contribution in [2.24, 2.45) is 0 Å². The van der Waals surface area contributed by atoms with Gasteiger partial charge >= 0.3 is 0 Å². The second-order valence-electron chi connectivity index (χ2n) is 6.11. The van der Waals surface area contributed by atoms with Crippen molar-refractivity contribution in [1.29, 1.82) is 0 Å². The Kier molecular flexibility index (Phi) is 5.61. The number of likely N-dealkylation sites (N-methyl/N-ethyl adjacent to an activating group) is 1. The molecule has 0 saturated carbocycles. The highest BCUT2D eigenvalue weighted by Gasteiger charge is 2.15. The highest BCUT2D eigenvalue weighted by Crippen LogP contribution is 2.21. The second-order valence-corrected chi connectivity index (χ2v) is 6.11. The van der Waals surface area contributed by atoms with Crippen molar-refractivity contribution in [3.8, 4) is 5.75 Å². The Morgan fingerprint density at radius 3 is 2.59 bits per heavy atom. The van der Waals surface area contributed by atoms with Crippen LogP contribution in [0.5, 0.6) is 5.75 Å². The molecule has 120 valence electrons. The van der Waals surface area contributed by atoms with Gasteiger partial charge in [0.1, 0.15) is 12.0 Å². The van der Waals surface area contributed by atoms with Crippen LogP contribution in [-0.4, -0.2) is 30.1 Å². The van der Waals surface area contributed by atoms with Crippen LogP contribution in [0.2, 0.25) is 0 Å². The van der Waals surface area contributed by atoms with E-state index in [1.54, 1.807) is 13.4 Å². The molecule has 1 aromatic carbocycles. The summed E-state index contributed by atoms with van der Waals surface area (Å²) in [5.74, 6) is 2.08. The van der Waals surface area contributed by atoms with Gasteiger partial charge in [-0.15, -0.1) is 0 Å². The molecule has 4 nitrogen and oxygen atoms in total. The third-order valence-corrected chi connectivity index (χ3v) is 3.94. The maximum atomic E-state index is 5.50. The van der Waals surface area contributed by atoms with Gasteiger partial charge < -0.3 is 9.15 Å². The fourth-order valence-electron chi connectivity index (χ4n) is 2.42. The van der Waals surface area contributed by atoms with Gasteiger partial charge in [0.2, 0.25) is 0 Å². The summed E-state index contributed by atoms with van der Waals surface area (Å²) in [7, 11) is 3.83. The van der Waals surface area contributed by atoms with Gasteiger partial charge in [0, 0.05) is 18.5 Å². The maximum Gasteiger partial charge on any atom is 0.196 e. The summed E-state index contributed by atoms with van der Waals surface area (Å²) in [6.45, 7) is 7.18. The lowest BCUT2D eigenvalue weighted by Crippen LogP contribution is -2.30. The minimum atomic E-state index is 0.324. The Morgan fingerprint density at radius 1 is 1.23 bits per heavy atom. The third kappa shape index (κ3) is 4.10. The molecule has 2 rings (SSSR count). The lowest BCUT2D eigenvalue weighted by Gasteiger charge is -2.24. The van der Waals surface area contributed by atoms with Crippen molar-refractivity contribution < 1.29 is 9.15 Å². The summed E-state index contributed by atoms with van der Waals surface area (Å²) >= 11 is 0. The summed E-state index contributed by atoms with van der Waals surface area (Å²) in [5, 5.41) is 0.